The molecule has 0 nitrogen and oxygen atoms in total. The quantitative estimate of drug-likeness (QED) is 0.174. The van der Waals surface area contributed by atoms with Crippen LogP contribution in [0, 0.1) is 32.5 Å². The van der Waals surface area contributed by atoms with Crippen molar-refractivity contribution in [3.05, 3.63) is 143 Å². The van der Waals surface area contributed by atoms with Gasteiger partial charge in [0.15, 0.2) is 0 Å². The summed E-state index contributed by atoms with van der Waals surface area (Å²) < 4.78 is 0. The van der Waals surface area contributed by atoms with E-state index in [9.17, 15) is 0 Å². The maximum atomic E-state index is 2.39. The van der Waals surface area contributed by atoms with E-state index in [4.69, 9.17) is 0 Å². The summed E-state index contributed by atoms with van der Waals surface area (Å²) in [4.78, 5) is 0. The summed E-state index contributed by atoms with van der Waals surface area (Å²) in [5.74, 6) is 0. The summed E-state index contributed by atoms with van der Waals surface area (Å²) in [6.07, 6.45) is 0. The Labute approximate surface area is 331 Å². The van der Waals surface area contributed by atoms with Crippen molar-refractivity contribution in [3.8, 4) is 0 Å². The van der Waals surface area contributed by atoms with Gasteiger partial charge in [-0.15, -0.1) is 0 Å². The van der Waals surface area contributed by atoms with E-state index >= 15 is 0 Å². The van der Waals surface area contributed by atoms with Gasteiger partial charge < -0.3 is 0 Å². The summed E-state index contributed by atoms with van der Waals surface area (Å²) >= 11 is 0. The monoisotopic (exact) mass is 721 g/mol. The minimum absolute atomic E-state index is 0.0263. The molecule has 0 fully saturated rings. The first kappa shape index (κ1) is 42.8. The average molecular weight is 721 g/mol. The number of benzene rings is 4. The zero-order valence-electron chi connectivity index (χ0n) is 37.4. The Kier molecular flexibility index (Phi) is 12.2. The smallest absolute Gasteiger partial charge is 0.0123 e. The van der Waals surface area contributed by atoms with Gasteiger partial charge in [-0.25, -0.2) is 0 Å². The molecular weight excluding hydrogens is 649 g/mol. The molecule has 0 saturated carbocycles. The third kappa shape index (κ3) is 9.85. The van der Waals surface area contributed by atoms with Gasteiger partial charge in [-0.05, 0) is 99.3 Å². The average Bonchev–Trinajstić information content (AvgIpc) is 3.03. The van der Waals surface area contributed by atoms with Crippen LogP contribution in [0.2, 0.25) is 0 Å². The van der Waals surface area contributed by atoms with Crippen molar-refractivity contribution >= 4 is 33.4 Å². The largest absolute Gasteiger partial charge is 0.0622 e. The molecule has 0 aromatic heterocycles. The number of allylic oxidation sites excluding steroid dienone is 6. The topological polar surface area (TPSA) is 0 Å². The lowest BCUT2D eigenvalue weighted by Crippen LogP contribution is -2.19. The molecule has 0 heterocycles. The van der Waals surface area contributed by atoms with E-state index < -0.39 is 0 Å². The van der Waals surface area contributed by atoms with Crippen molar-refractivity contribution in [2.75, 3.05) is 0 Å². The fraction of sp³-hybridized carbons (Fsp3) is 0.444. The Morgan fingerprint density at radius 3 is 0.463 bits per heavy atom. The van der Waals surface area contributed by atoms with Gasteiger partial charge in [0.1, 0.15) is 0 Å². The first-order chi connectivity index (χ1) is 24.6. The molecule has 0 amide bonds. The molecule has 0 bridgehead atoms. The SMILES string of the molecule is CC(C)(C)/C(=C(\c1ccc(/C(=C(/c2ccc(/C(=C(/c3ccccc3)C(C)(C)C)C(C)(C)C)cc2)C(C)(C)C)C(C)(C)C)cc1)C(C)(C)C)c1ccccc1. The van der Waals surface area contributed by atoms with Crippen LogP contribution in [0.15, 0.2) is 109 Å². The minimum Gasteiger partial charge on any atom is -0.0622 e. The predicted octanol–water partition coefficient (Wildman–Crippen LogP) is 16.7. The number of hydrogen-bond acceptors (Lipinski definition) is 0. The summed E-state index contributed by atoms with van der Waals surface area (Å²) in [6.45, 7) is 42.5. The molecule has 4 rings (SSSR count). The molecule has 0 unspecified atom stereocenters. The van der Waals surface area contributed by atoms with E-state index in [1.807, 2.05) is 0 Å². The molecule has 0 N–H and O–H groups in total. The van der Waals surface area contributed by atoms with E-state index in [1.54, 1.807) is 0 Å². The maximum absolute atomic E-state index is 2.39. The van der Waals surface area contributed by atoms with Gasteiger partial charge in [-0.1, -0.05) is 234 Å². The van der Waals surface area contributed by atoms with E-state index in [-0.39, 0.29) is 32.5 Å². The van der Waals surface area contributed by atoms with Crippen LogP contribution >= 0.6 is 0 Å². The third-order valence-electron chi connectivity index (χ3n) is 10.3. The van der Waals surface area contributed by atoms with E-state index in [0.29, 0.717) is 0 Å². The zero-order valence-corrected chi connectivity index (χ0v) is 37.4. The van der Waals surface area contributed by atoms with Crippen LogP contribution < -0.4 is 0 Å². The van der Waals surface area contributed by atoms with Crippen LogP contribution in [-0.4, -0.2) is 0 Å². The van der Waals surface area contributed by atoms with Gasteiger partial charge in [-0.2, -0.15) is 0 Å². The molecular formula is C54H72. The predicted molar refractivity (Wildman–Crippen MR) is 243 cm³/mol. The van der Waals surface area contributed by atoms with Gasteiger partial charge in [0.2, 0.25) is 0 Å². The maximum Gasteiger partial charge on any atom is -0.0123 e. The van der Waals surface area contributed by atoms with Crippen molar-refractivity contribution in [1.82, 2.24) is 0 Å². The Morgan fingerprint density at radius 1 is 0.204 bits per heavy atom. The summed E-state index contributed by atoms with van der Waals surface area (Å²) in [7, 11) is 0. The minimum atomic E-state index is -0.0880. The first-order valence-corrected chi connectivity index (χ1v) is 20.2. The van der Waals surface area contributed by atoms with Crippen molar-refractivity contribution in [1.29, 1.82) is 0 Å². The van der Waals surface area contributed by atoms with Crippen LogP contribution in [0.3, 0.4) is 0 Å². The van der Waals surface area contributed by atoms with Gasteiger partial charge in [0, 0.05) is 0 Å². The summed E-state index contributed by atoms with van der Waals surface area (Å²) in [6, 6.07) is 41.1. The number of hydrogen-bond donors (Lipinski definition) is 0. The Hall–Kier alpha value is -3.90. The standard InChI is InChI=1S/C54H72/c1-49(2,3)43(37-25-21-19-22-26-37)45(51(7,8)9)39-29-33-41(34-30-39)47(53(13,14)15)48(54(16,17)18)42-35-31-40(32-36-42)46(52(10,11)12)44(50(4,5)6)38-27-23-20-24-28-38/h19-36H,1-18H3/b45-43+,46-44+,48-47+. The van der Waals surface area contributed by atoms with Crippen LogP contribution in [-0.2, 0) is 0 Å². The van der Waals surface area contributed by atoms with Gasteiger partial charge in [0.05, 0.1) is 0 Å². The van der Waals surface area contributed by atoms with Crippen LogP contribution in [0.5, 0.6) is 0 Å². The third-order valence-corrected chi connectivity index (χ3v) is 10.3. The molecule has 0 saturated heterocycles. The van der Waals surface area contributed by atoms with Gasteiger partial charge in [-0.3, -0.25) is 0 Å². The molecule has 288 valence electrons. The van der Waals surface area contributed by atoms with Crippen molar-refractivity contribution < 1.29 is 0 Å². The lowest BCUT2D eigenvalue weighted by atomic mass is 9.68. The lowest BCUT2D eigenvalue weighted by Gasteiger charge is -2.36. The normalized spacial score (nSPS) is 15.0. The molecule has 0 heteroatoms. The second kappa shape index (κ2) is 15.3. The second-order valence-electron chi connectivity index (χ2n) is 21.6. The van der Waals surface area contributed by atoms with Crippen LogP contribution in [0.4, 0.5) is 0 Å². The highest BCUT2D eigenvalue weighted by Gasteiger charge is 2.34. The van der Waals surface area contributed by atoms with E-state index in [2.05, 4.69) is 234 Å². The van der Waals surface area contributed by atoms with Crippen molar-refractivity contribution in [3.63, 3.8) is 0 Å². The van der Waals surface area contributed by atoms with Gasteiger partial charge >= 0.3 is 0 Å². The van der Waals surface area contributed by atoms with Crippen LogP contribution in [0.1, 0.15) is 158 Å². The molecule has 4 aromatic carbocycles. The van der Waals surface area contributed by atoms with Crippen molar-refractivity contribution in [2.24, 2.45) is 32.5 Å². The fourth-order valence-electron chi connectivity index (χ4n) is 8.53. The molecule has 4 aromatic rings. The molecule has 0 radical (unpaired) electrons. The summed E-state index contributed by atoms with van der Waals surface area (Å²) in [5, 5.41) is 0. The lowest BCUT2D eigenvalue weighted by molar-refractivity contribution is 0.533. The van der Waals surface area contributed by atoms with Gasteiger partial charge in [0.25, 0.3) is 0 Å². The first-order valence-electron chi connectivity index (χ1n) is 20.2. The van der Waals surface area contributed by atoms with E-state index in [0.717, 1.165) is 0 Å². The zero-order chi connectivity index (χ0) is 40.7. The molecule has 0 aliphatic carbocycles. The summed E-state index contributed by atoms with van der Waals surface area (Å²) in [5.41, 5.74) is 15.9. The highest BCUT2D eigenvalue weighted by atomic mass is 14.4. The molecule has 0 spiro atoms. The van der Waals surface area contributed by atoms with E-state index in [1.165, 1.54) is 66.8 Å². The molecule has 0 atom stereocenters. The molecule has 54 heavy (non-hydrogen) atoms. The Bertz CT molecular complexity index is 1810. The highest BCUT2D eigenvalue weighted by Crippen LogP contribution is 2.51. The fourth-order valence-corrected chi connectivity index (χ4v) is 8.53. The molecule has 0 aliphatic rings. The second-order valence-corrected chi connectivity index (χ2v) is 21.6. The highest BCUT2D eigenvalue weighted by molar-refractivity contribution is 5.99. The Balaban J connectivity index is 1.99. The number of rotatable bonds is 6. The van der Waals surface area contributed by atoms with Crippen LogP contribution in [0.25, 0.3) is 33.4 Å². The van der Waals surface area contributed by atoms with Crippen molar-refractivity contribution in [2.45, 2.75) is 125 Å². The molecule has 0 aliphatic heterocycles. The Morgan fingerprint density at radius 2 is 0.333 bits per heavy atom.